The van der Waals surface area contributed by atoms with E-state index in [1.54, 1.807) is 30.6 Å². The number of hydrogen-bond acceptors (Lipinski definition) is 4. The summed E-state index contributed by atoms with van der Waals surface area (Å²) in [4.78, 5) is 4.54. The number of anilines is 1. The van der Waals surface area contributed by atoms with Crippen LogP contribution in [-0.4, -0.2) is 24.2 Å². The quantitative estimate of drug-likeness (QED) is 0.906. The summed E-state index contributed by atoms with van der Waals surface area (Å²) in [7, 11) is 1.77. The summed E-state index contributed by atoms with van der Waals surface area (Å²) in [6, 6.07) is 6.40. The molecule has 1 aromatic heterocycles. The van der Waals surface area contributed by atoms with Crippen molar-refractivity contribution in [2.75, 3.05) is 19.0 Å². The second-order valence-electron chi connectivity index (χ2n) is 5.14. The van der Waals surface area contributed by atoms with E-state index in [-0.39, 0.29) is 11.4 Å². The van der Waals surface area contributed by atoms with Crippen LogP contribution < -0.4 is 5.32 Å². The average molecular weight is 292 g/mol. The molecule has 3 nitrogen and oxygen atoms in total. The highest BCUT2D eigenvalue weighted by atomic mass is 32.1. The Morgan fingerprint density at radius 1 is 1.35 bits per heavy atom. The first kappa shape index (κ1) is 13.5. The zero-order valence-electron chi connectivity index (χ0n) is 11.4. The normalized spacial score (nSPS) is 16.7. The highest BCUT2D eigenvalue weighted by Crippen LogP contribution is 2.35. The summed E-state index contributed by atoms with van der Waals surface area (Å²) in [5.74, 6) is -0.227. The number of methoxy groups -OCH3 is 1. The van der Waals surface area contributed by atoms with Crippen molar-refractivity contribution in [3.8, 4) is 11.3 Å². The summed E-state index contributed by atoms with van der Waals surface area (Å²) in [6.07, 6.45) is 3.44. The molecule has 0 saturated heterocycles. The zero-order chi connectivity index (χ0) is 14.0. The van der Waals surface area contributed by atoms with Crippen LogP contribution in [0.15, 0.2) is 29.6 Å². The number of ether oxygens (including phenoxy) is 1. The molecule has 5 heteroatoms. The van der Waals surface area contributed by atoms with Crippen LogP contribution in [0.4, 0.5) is 9.52 Å². The molecule has 20 heavy (non-hydrogen) atoms. The number of thiazole rings is 1. The van der Waals surface area contributed by atoms with Crippen molar-refractivity contribution >= 4 is 16.5 Å². The van der Waals surface area contributed by atoms with E-state index in [1.807, 2.05) is 5.38 Å². The minimum atomic E-state index is -0.227. The minimum absolute atomic E-state index is 0.0122. The molecule has 1 fully saturated rings. The SMILES string of the molecule is COC1(CNc2nc(-c3ccc(F)cc3)cs2)CCC1. The Kier molecular flexibility index (Phi) is 3.72. The van der Waals surface area contributed by atoms with Crippen LogP contribution in [0, 0.1) is 5.82 Å². The van der Waals surface area contributed by atoms with E-state index in [0.29, 0.717) is 0 Å². The Morgan fingerprint density at radius 3 is 2.70 bits per heavy atom. The number of rotatable bonds is 5. The van der Waals surface area contributed by atoms with Crippen LogP contribution in [0.5, 0.6) is 0 Å². The van der Waals surface area contributed by atoms with Crippen molar-refractivity contribution in [1.29, 1.82) is 0 Å². The third kappa shape index (κ3) is 2.69. The van der Waals surface area contributed by atoms with Crippen molar-refractivity contribution in [2.45, 2.75) is 24.9 Å². The number of benzene rings is 1. The van der Waals surface area contributed by atoms with Gasteiger partial charge >= 0.3 is 0 Å². The van der Waals surface area contributed by atoms with E-state index in [9.17, 15) is 4.39 Å². The van der Waals surface area contributed by atoms with Gasteiger partial charge in [0, 0.05) is 24.6 Å². The summed E-state index contributed by atoms with van der Waals surface area (Å²) >= 11 is 1.56. The fraction of sp³-hybridized carbons (Fsp3) is 0.400. The van der Waals surface area contributed by atoms with Gasteiger partial charge in [-0.1, -0.05) is 0 Å². The van der Waals surface area contributed by atoms with Crippen molar-refractivity contribution in [3.05, 3.63) is 35.5 Å². The van der Waals surface area contributed by atoms with Gasteiger partial charge in [0.25, 0.3) is 0 Å². The maximum atomic E-state index is 12.9. The Hall–Kier alpha value is -1.46. The zero-order valence-corrected chi connectivity index (χ0v) is 12.2. The maximum absolute atomic E-state index is 12.9. The molecular weight excluding hydrogens is 275 g/mol. The largest absolute Gasteiger partial charge is 0.376 e. The average Bonchev–Trinajstić information content (AvgIpc) is 2.88. The molecule has 1 heterocycles. The lowest BCUT2D eigenvalue weighted by Gasteiger charge is -2.40. The van der Waals surface area contributed by atoms with E-state index in [2.05, 4.69) is 10.3 Å². The van der Waals surface area contributed by atoms with Gasteiger partial charge in [-0.2, -0.15) is 0 Å². The van der Waals surface area contributed by atoms with Gasteiger partial charge in [0.1, 0.15) is 5.82 Å². The molecule has 2 aromatic rings. The molecule has 1 aromatic carbocycles. The fourth-order valence-corrected chi connectivity index (χ4v) is 3.09. The van der Waals surface area contributed by atoms with Crippen molar-refractivity contribution < 1.29 is 9.13 Å². The fourth-order valence-electron chi connectivity index (χ4n) is 2.37. The first-order valence-electron chi connectivity index (χ1n) is 6.71. The molecule has 0 atom stereocenters. The number of nitrogens with zero attached hydrogens (tertiary/aromatic N) is 1. The van der Waals surface area contributed by atoms with Gasteiger partial charge in [0.2, 0.25) is 0 Å². The summed E-state index contributed by atoms with van der Waals surface area (Å²) in [5.41, 5.74) is 1.79. The Labute approximate surface area is 121 Å². The molecule has 0 amide bonds. The number of halogens is 1. The predicted molar refractivity (Wildman–Crippen MR) is 79.6 cm³/mol. The molecule has 1 N–H and O–H groups in total. The Bertz CT molecular complexity index is 572. The minimum Gasteiger partial charge on any atom is -0.376 e. The molecular formula is C15H17FN2OS. The summed E-state index contributed by atoms with van der Waals surface area (Å²) in [5, 5.41) is 6.21. The number of aromatic nitrogens is 1. The highest BCUT2D eigenvalue weighted by molar-refractivity contribution is 7.14. The summed E-state index contributed by atoms with van der Waals surface area (Å²) < 4.78 is 18.5. The molecule has 3 rings (SSSR count). The topological polar surface area (TPSA) is 34.1 Å². The first-order chi connectivity index (χ1) is 9.71. The molecule has 0 radical (unpaired) electrons. The lowest BCUT2D eigenvalue weighted by molar-refractivity contribution is -0.0601. The maximum Gasteiger partial charge on any atom is 0.183 e. The smallest absolute Gasteiger partial charge is 0.183 e. The predicted octanol–water partition coefficient (Wildman–Crippen LogP) is 3.93. The van der Waals surface area contributed by atoms with Crippen LogP contribution in [0.2, 0.25) is 0 Å². The molecule has 1 aliphatic carbocycles. The van der Waals surface area contributed by atoms with E-state index < -0.39 is 0 Å². The number of hydrogen-bond donors (Lipinski definition) is 1. The molecule has 1 aliphatic rings. The monoisotopic (exact) mass is 292 g/mol. The molecule has 0 bridgehead atoms. The second kappa shape index (κ2) is 5.50. The molecule has 0 spiro atoms. The highest BCUT2D eigenvalue weighted by Gasteiger charge is 2.36. The summed E-state index contributed by atoms with van der Waals surface area (Å²) in [6.45, 7) is 0.792. The van der Waals surface area contributed by atoms with E-state index in [0.717, 1.165) is 35.8 Å². The van der Waals surface area contributed by atoms with Crippen molar-refractivity contribution in [2.24, 2.45) is 0 Å². The van der Waals surface area contributed by atoms with Crippen LogP contribution in [0.25, 0.3) is 11.3 Å². The molecule has 106 valence electrons. The van der Waals surface area contributed by atoms with Gasteiger partial charge in [-0.3, -0.25) is 0 Å². The third-order valence-electron chi connectivity index (χ3n) is 3.90. The lowest BCUT2D eigenvalue weighted by Crippen LogP contribution is -2.45. The van der Waals surface area contributed by atoms with Gasteiger partial charge in [-0.15, -0.1) is 11.3 Å². The standard InChI is InChI=1S/C15H17FN2OS/c1-19-15(7-2-8-15)10-17-14-18-13(9-20-14)11-3-5-12(16)6-4-11/h3-6,9H,2,7-8,10H2,1H3,(H,17,18). The van der Waals surface area contributed by atoms with E-state index >= 15 is 0 Å². The van der Waals surface area contributed by atoms with Crippen LogP contribution in [-0.2, 0) is 4.74 Å². The molecule has 0 aliphatic heterocycles. The molecule has 0 unspecified atom stereocenters. The van der Waals surface area contributed by atoms with Crippen LogP contribution in [0.3, 0.4) is 0 Å². The third-order valence-corrected chi connectivity index (χ3v) is 4.70. The van der Waals surface area contributed by atoms with E-state index in [1.165, 1.54) is 18.6 Å². The molecule has 1 saturated carbocycles. The van der Waals surface area contributed by atoms with Crippen molar-refractivity contribution in [3.63, 3.8) is 0 Å². The number of nitrogens with one attached hydrogen (secondary N) is 1. The van der Waals surface area contributed by atoms with Crippen molar-refractivity contribution in [1.82, 2.24) is 4.98 Å². The van der Waals surface area contributed by atoms with Gasteiger partial charge in [-0.25, -0.2) is 9.37 Å². The van der Waals surface area contributed by atoms with Gasteiger partial charge in [-0.05, 0) is 43.5 Å². The van der Waals surface area contributed by atoms with Crippen LogP contribution in [0.1, 0.15) is 19.3 Å². The van der Waals surface area contributed by atoms with Crippen LogP contribution >= 0.6 is 11.3 Å². The Morgan fingerprint density at radius 2 is 2.10 bits per heavy atom. The van der Waals surface area contributed by atoms with Gasteiger partial charge < -0.3 is 10.1 Å². The van der Waals surface area contributed by atoms with Gasteiger partial charge in [0.15, 0.2) is 5.13 Å². The first-order valence-corrected chi connectivity index (χ1v) is 7.59. The van der Waals surface area contributed by atoms with E-state index in [4.69, 9.17) is 4.74 Å². The lowest BCUT2D eigenvalue weighted by atomic mass is 9.80. The Balaban J connectivity index is 1.66. The second-order valence-corrected chi connectivity index (χ2v) is 6.00. The van der Waals surface area contributed by atoms with Gasteiger partial charge in [0.05, 0.1) is 11.3 Å².